The molecular weight excluding hydrogens is 291 g/mol. The maximum atomic E-state index is 6.33. The molecule has 0 aromatic heterocycles. The van der Waals surface area contributed by atoms with Gasteiger partial charge in [-0.15, -0.1) is 0 Å². The maximum Gasteiger partial charge on any atom is 0.0452 e. The first-order valence-corrected chi connectivity index (χ1v) is 8.18. The van der Waals surface area contributed by atoms with E-state index in [1.807, 2.05) is 18.2 Å². The number of halogens is 2. The van der Waals surface area contributed by atoms with Crippen LogP contribution in [-0.2, 0) is 6.54 Å². The zero-order chi connectivity index (χ0) is 14.8. The standard InChI is InChI=1S/C16H24Cl2N2/c1-4-16(5-2)11-19-12(3)9-20(16)10-13-8-14(17)6-7-15(13)18/h6-8,12,19H,4-5,9-11H2,1-3H3. The summed E-state index contributed by atoms with van der Waals surface area (Å²) in [6.07, 6.45) is 2.28. The molecule has 20 heavy (non-hydrogen) atoms. The molecule has 0 radical (unpaired) electrons. The van der Waals surface area contributed by atoms with E-state index in [0.717, 1.165) is 48.1 Å². The van der Waals surface area contributed by atoms with Gasteiger partial charge >= 0.3 is 0 Å². The summed E-state index contributed by atoms with van der Waals surface area (Å²) in [7, 11) is 0. The predicted molar refractivity (Wildman–Crippen MR) is 87.6 cm³/mol. The fourth-order valence-electron chi connectivity index (χ4n) is 3.11. The number of benzene rings is 1. The Bertz CT molecular complexity index is 458. The van der Waals surface area contributed by atoms with E-state index in [4.69, 9.17) is 23.2 Å². The van der Waals surface area contributed by atoms with Gasteiger partial charge in [0.05, 0.1) is 0 Å². The van der Waals surface area contributed by atoms with E-state index in [-0.39, 0.29) is 5.54 Å². The number of hydrogen-bond acceptors (Lipinski definition) is 2. The Hall–Kier alpha value is -0.280. The number of hydrogen-bond donors (Lipinski definition) is 1. The van der Waals surface area contributed by atoms with Crippen LogP contribution < -0.4 is 5.32 Å². The van der Waals surface area contributed by atoms with Gasteiger partial charge in [-0.05, 0) is 43.5 Å². The lowest BCUT2D eigenvalue weighted by molar-refractivity contribution is 0.0279. The second kappa shape index (κ2) is 6.65. The van der Waals surface area contributed by atoms with Gasteiger partial charge in [-0.3, -0.25) is 4.90 Å². The number of piperazine rings is 1. The lowest BCUT2D eigenvalue weighted by atomic mass is 9.87. The average Bonchev–Trinajstić information content (AvgIpc) is 2.44. The molecule has 1 aromatic rings. The topological polar surface area (TPSA) is 15.3 Å². The van der Waals surface area contributed by atoms with Crippen molar-refractivity contribution in [2.24, 2.45) is 0 Å². The van der Waals surface area contributed by atoms with Gasteiger partial charge in [0, 0.05) is 41.3 Å². The lowest BCUT2D eigenvalue weighted by Crippen LogP contribution is -2.63. The Morgan fingerprint density at radius 3 is 2.65 bits per heavy atom. The molecule has 2 nitrogen and oxygen atoms in total. The van der Waals surface area contributed by atoms with E-state index in [2.05, 4.69) is 31.0 Å². The van der Waals surface area contributed by atoms with Crippen molar-refractivity contribution in [3.05, 3.63) is 33.8 Å². The molecule has 2 rings (SSSR count). The second-order valence-corrected chi connectivity index (χ2v) is 6.67. The zero-order valence-electron chi connectivity index (χ0n) is 12.5. The minimum atomic E-state index is 0.220. The van der Waals surface area contributed by atoms with Crippen LogP contribution in [0.25, 0.3) is 0 Å². The summed E-state index contributed by atoms with van der Waals surface area (Å²) < 4.78 is 0. The van der Waals surface area contributed by atoms with Crippen molar-refractivity contribution in [1.29, 1.82) is 0 Å². The van der Waals surface area contributed by atoms with E-state index in [0.29, 0.717) is 6.04 Å². The van der Waals surface area contributed by atoms with Crippen LogP contribution in [0.15, 0.2) is 18.2 Å². The van der Waals surface area contributed by atoms with Crippen molar-refractivity contribution >= 4 is 23.2 Å². The third-order valence-electron chi connectivity index (χ3n) is 4.63. The molecule has 0 bridgehead atoms. The summed E-state index contributed by atoms with van der Waals surface area (Å²) in [5.41, 5.74) is 1.34. The third kappa shape index (κ3) is 3.30. The molecule has 1 unspecified atom stereocenters. The number of nitrogens with zero attached hydrogens (tertiary/aromatic N) is 1. The Morgan fingerprint density at radius 1 is 1.30 bits per heavy atom. The van der Waals surface area contributed by atoms with Crippen LogP contribution in [0.2, 0.25) is 10.0 Å². The monoisotopic (exact) mass is 314 g/mol. The zero-order valence-corrected chi connectivity index (χ0v) is 14.1. The Morgan fingerprint density at radius 2 is 2.00 bits per heavy atom. The number of rotatable bonds is 4. The molecule has 0 amide bonds. The summed E-state index contributed by atoms with van der Waals surface area (Å²) in [6.45, 7) is 9.74. The van der Waals surface area contributed by atoms with Gasteiger partial charge in [0.1, 0.15) is 0 Å². The Labute approximate surface area is 132 Å². The molecule has 4 heteroatoms. The molecule has 1 aliphatic heterocycles. The SMILES string of the molecule is CCC1(CC)CNC(C)CN1Cc1cc(Cl)ccc1Cl. The first-order valence-electron chi connectivity index (χ1n) is 7.43. The molecular formula is C16H24Cl2N2. The van der Waals surface area contributed by atoms with Crippen molar-refractivity contribution in [2.45, 2.75) is 51.7 Å². The van der Waals surface area contributed by atoms with Crippen LogP contribution in [0.3, 0.4) is 0 Å². The molecule has 1 aliphatic rings. The lowest BCUT2D eigenvalue weighted by Gasteiger charge is -2.49. The van der Waals surface area contributed by atoms with Crippen LogP contribution in [0, 0.1) is 0 Å². The molecule has 1 N–H and O–H groups in total. The molecule has 0 aliphatic carbocycles. The van der Waals surface area contributed by atoms with E-state index in [1.54, 1.807) is 0 Å². The first kappa shape index (κ1) is 16.1. The highest BCUT2D eigenvalue weighted by Gasteiger charge is 2.37. The van der Waals surface area contributed by atoms with E-state index in [9.17, 15) is 0 Å². The van der Waals surface area contributed by atoms with Crippen LogP contribution in [0.1, 0.15) is 39.2 Å². The molecule has 1 atom stereocenters. The van der Waals surface area contributed by atoms with E-state index in [1.165, 1.54) is 0 Å². The summed E-state index contributed by atoms with van der Waals surface area (Å²) in [5, 5.41) is 5.18. The molecule has 1 saturated heterocycles. The first-order chi connectivity index (χ1) is 9.50. The maximum absolute atomic E-state index is 6.33. The van der Waals surface area contributed by atoms with Gasteiger partial charge in [-0.25, -0.2) is 0 Å². The highest BCUT2D eigenvalue weighted by atomic mass is 35.5. The van der Waals surface area contributed by atoms with Gasteiger partial charge in [-0.1, -0.05) is 37.0 Å². The summed E-state index contributed by atoms with van der Waals surface area (Å²) in [5.74, 6) is 0. The highest BCUT2D eigenvalue weighted by Crippen LogP contribution is 2.31. The molecule has 1 fully saturated rings. The highest BCUT2D eigenvalue weighted by molar-refractivity contribution is 6.33. The van der Waals surface area contributed by atoms with Crippen molar-refractivity contribution in [1.82, 2.24) is 10.2 Å². The Kier molecular flexibility index (Phi) is 5.36. The van der Waals surface area contributed by atoms with Crippen LogP contribution in [0.4, 0.5) is 0 Å². The molecule has 0 spiro atoms. The van der Waals surface area contributed by atoms with Crippen molar-refractivity contribution in [3.63, 3.8) is 0 Å². The molecule has 0 saturated carbocycles. The minimum absolute atomic E-state index is 0.220. The van der Waals surface area contributed by atoms with E-state index < -0.39 is 0 Å². The van der Waals surface area contributed by atoms with Gasteiger partial charge in [0.15, 0.2) is 0 Å². The van der Waals surface area contributed by atoms with Gasteiger partial charge in [0.25, 0.3) is 0 Å². The van der Waals surface area contributed by atoms with Crippen molar-refractivity contribution in [3.8, 4) is 0 Å². The normalized spacial score (nSPS) is 22.9. The fraction of sp³-hybridized carbons (Fsp3) is 0.625. The summed E-state index contributed by atoms with van der Waals surface area (Å²) in [4.78, 5) is 2.58. The van der Waals surface area contributed by atoms with Crippen molar-refractivity contribution in [2.75, 3.05) is 13.1 Å². The van der Waals surface area contributed by atoms with Gasteiger partial charge in [0.2, 0.25) is 0 Å². The van der Waals surface area contributed by atoms with Gasteiger partial charge < -0.3 is 5.32 Å². The van der Waals surface area contributed by atoms with Crippen molar-refractivity contribution < 1.29 is 0 Å². The summed E-state index contributed by atoms with van der Waals surface area (Å²) in [6, 6.07) is 6.25. The predicted octanol–water partition coefficient (Wildman–Crippen LogP) is 4.35. The molecule has 1 heterocycles. The van der Waals surface area contributed by atoms with Crippen LogP contribution >= 0.6 is 23.2 Å². The van der Waals surface area contributed by atoms with Crippen LogP contribution in [0.5, 0.6) is 0 Å². The molecule has 1 aromatic carbocycles. The smallest absolute Gasteiger partial charge is 0.0452 e. The fourth-order valence-corrected chi connectivity index (χ4v) is 3.49. The largest absolute Gasteiger partial charge is 0.311 e. The second-order valence-electron chi connectivity index (χ2n) is 5.83. The third-order valence-corrected chi connectivity index (χ3v) is 5.23. The average molecular weight is 315 g/mol. The Balaban J connectivity index is 2.25. The van der Waals surface area contributed by atoms with Gasteiger partial charge in [-0.2, -0.15) is 0 Å². The molecule has 112 valence electrons. The number of nitrogens with one attached hydrogen (secondary N) is 1. The van der Waals surface area contributed by atoms with E-state index >= 15 is 0 Å². The van der Waals surface area contributed by atoms with Crippen LogP contribution in [-0.4, -0.2) is 29.6 Å². The summed E-state index contributed by atoms with van der Waals surface area (Å²) >= 11 is 12.4. The quantitative estimate of drug-likeness (QED) is 0.889. The minimum Gasteiger partial charge on any atom is -0.311 e.